The summed E-state index contributed by atoms with van der Waals surface area (Å²) in [6.07, 6.45) is -4.62. The molecule has 3 nitrogen and oxygen atoms in total. The number of halogens is 3. The van der Waals surface area contributed by atoms with Crippen LogP contribution in [-0.2, 0) is 11.0 Å². The number of β-amino-alcohol motifs (C(OH)–C–C–N with tert-alkyl or cyclic N) is 1. The van der Waals surface area contributed by atoms with Gasteiger partial charge in [0.05, 0.1) is 11.7 Å². The molecule has 1 amide bonds. The van der Waals surface area contributed by atoms with Crippen LogP contribution >= 0.6 is 0 Å². The van der Waals surface area contributed by atoms with Gasteiger partial charge in [0.2, 0.25) is 0 Å². The van der Waals surface area contributed by atoms with Crippen molar-refractivity contribution in [1.82, 2.24) is 4.90 Å². The highest BCUT2D eigenvalue weighted by Gasteiger charge is 2.34. The largest absolute Gasteiger partial charge is 0.417 e. The van der Waals surface area contributed by atoms with E-state index in [1.807, 2.05) is 0 Å². The molecule has 0 spiro atoms. The highest BCUT2D eigenvalue weighted by molar-refractivity contribution is 5.94. The topological polar surface area (TPSA) is 40.5 Å². The highest BCUT2D eigenvalue weighted by Crippen LogP contribution is 2.37. The van der Waals surface area contributed by atoms with Gasteiger partial charge in [0.25, 0.3) is 5.91 Å². The molecule has 1 unspecified atom stereocenters. The van der Waals surface area contributed by atoms with Crippen LogP contribution in [0.3, 0.4) is 0 Å². The monoisotopic (exact) mass is 359 g/mol. The Morgan fingerprint density at radius 1 is 1.15 bits per heavy atom. The molecule has 3 rings (SSSR count). The van der Waals surface area contributed by atoms with Gasteiger partial charge in [0.15, 0.2) is 0 Å². The Morgan fingerprint density at radius 3 is 2.50 bits per heavy atom. The number of alkyl halides is 3. The van der Waals surface area contributed by atoms with E-state index in [9.17, 15) is 23.1 Å². The molecule has 0 bridgehead atoms. The number of amides is 1. The van der Waals surface area contributed by atoms with E-state index in [1.54, 1.807) is 30.3 Å². The van der Waals surface area contributed by atoms with E-state index in [0.717, 1.165) is 6.07 Å². The van der Waals surface area contributed by atoms with E-state index in [2.05, 4.69) is 11.8 Å². The Hall–Kier alpha value is -2.78. The molecule has 0 saturated carbocycles. The van der Waals surface area contributed by atoms with Gasteiger partial charge in [0.1, 0.15) is 0 Å². The van der Waals surface area contributed by atoms with E-state index in [1.165, 1.54) is 17.0 Å². The summed E-state index contributed by atoms with van der Waals surface area (Å²) < 4.78 is 40.4. The van der Waals surface area contributed by atoms with Gasteiger partial charge in [-0.1, -0.05) is 42.3 Å². The molecule has 1 aliphatic heterocycles. The maximum absolute atomic E-state index is 13.5. The van der Waals surface area contributed by atoms with Crippen LogP contribution in [0.1, 0.15) is 17.5 Å². The summed E-state index contributed by atoms with van der Waals surface area (Å²) in [4.78, 5) is 13.3. The number of aliphatic hydroxyl groups is 1. The van der Waals surface area contributed by atoms with Crippen LogP contribution in [0.15, 0.2) is 48.5 Å². The summed E-state index contributed by atoms with van der Waals surface area (Å²) in [7, 11) is 0. The van der Waals surface area contributed by atoms with E-state index < -0.39 is 23.8 Å². The molecule has 0 radical (unpaired) electrons. The minimum Gasteiger partial charge on any atom is -0.391 e. The Bertz CT molecular complexity index is 866. The smallest absolute Gasteiger partial charge is 0.391 e. The second-order valence-electron chi connectivity index (χ2n) is 6.07. The molecular formula is C20H16F3NO2. The first-order valence-electron chi connectivity index (χ1n) is 8.10. The lowest BCUT2D eigenvalue weighted by Crippen LogP contribution is -2.28. The van der Waals surface area contributed by atoms with Crippen LogP contribution in [0.25, 0.3) is 11.1 Å². The van der Waals surface area contributed by atoms with E-state index in [4.69, 9.17) is 0 Å². The van der Waals surface area contributed by atoms with Crippen molar-refractivity contribution in [3.63, 3.8) is 0 Å². The summed E-state index contributed by atoms with van der Waals surface area (Å²) >= 11 is 0. The van der Waals surface area contributed by atoms with Crippen molar-refractivity contribution in [3.8, 4) is 23.0 Å². The van der Waals surface area contributed by atoms with Crippen molar-refractivity contribution < 1.29 is 23.1 Å². The number of aliphatic hydroxyl groups excluding tert-OH is 1. The third-order valence-corrected chi connectivity index (χ3v) is 4.17. The fraction of sp³-hybridized carbons (Fsp3) is 0.250. The predicted molar refractivity (Wildman–Crippen MR) is 91.0 cm³/mol. The Morgan fingerprint density at radius 2 is 1.88 bits per heavy atom. The van der Waals surface area contributed by atoms with Crippen molar-refractivity contribution in [2.75, 3.05) is 13.1 Å². The Kier molecular flexibility index (Phi) is 5.01. The van der Waals surface area contributed by atoms with Crippen molar-refractivity contribution in [1.29, 1.82) is 0 Å². The number of benzene rings is 2. The summed E-state index contributed by atoms with van der Waals surface area (Å²) in [5, 5.41) is 9.43. The zero-order chi connectivity index (χ0) is 18.7. The molecule has 6 heteroatoms. The fourth-order valence-electron chi connectivity index (χ4n) is 2.86. The van der Waals surface area contributed by atoms with Gasteiger partial charge in [-0.05, 0) is 29.7 Å². The summed E-state index contributed by atoms with van der Waals surface area (Å²) in [5.41, 5.74) is -0.149. The Balaban J connectivity index is 1.91. The second-order valence-corrected chi connectivity index (χ2v) is 6.07. The van der Waals surface area contributed by atoms with Crippen LogP contribution in [0.2, 0.25) is 0 Å². The number of hydrogen-bond donors (Lipinski definition) is 1. The molecule has 134 valence electrons. The van der Waals surface area contributed by atoms with Crippen molar-refractivity contribution in [3.05, 3.63) is 59.7 Å². The molecule has 2 aromatic carbocycles. The number of likely N-dealkylation sites (tertiary alicyclic amines) is 1. The standard InChI is InChI=1S/C20H16F3NO2/c21-20(22,23)18-12-14(6-8-17(18)15-4-2-1-3-5-15)7-9-19(26)24-11-10-16(25)13-24/h1-6,8,12,16,25H,10-11,13H2. The number of carbonyl (C=O) groups is 1. The molecule has 2 aromatic rings. The van der Waals surface area contributed by atoms with Crippen LogP contribution in [0, 0.1) is 11.8 Å². The minimum atomic E-state index is -4.54. The maximum Gasteiger partial charge on any atom is 0.417 e. The molecular weight excluding hydrogens is 343 g/mol. The molecule has 0 aromatic heterocycles. The molecule has 26 heavy (non-hydrogen) atoms. The zero-order valence-electron chi connectivity index (χ0n) is 13.8. The first-order chi connectivity index (χ1) is 12.3. The second kappa shape index (κ2) is 7.22. The van der Waals surface area contributed by atoms with Crippen molar-refractivity contribution in [2.24, 2.45) is 0 Å². The third-order valence-electron chi connectivity index (χ3n) is 4.17. The average molecular weight is 359 g/mol. The predicted octanol–water partition coefficient (Wildman–Crippen LogP) is 3.32. The quantitative estimate of drug-likeness (QED) is 0.794. The lowest BCUT2D eigenvalue weighted by Gasteiger charge is -2.13. The Labute approximate surface area is 149 Å². The van der Waals surface area contributed by atoms with Gasteiger partial charge in [-0.25, -0.2) is 0 Å². The summed E-state index contributed by atoms with van der Waals surface area (Å²) in [6, 6.07) is 12.1. The summed E-state index contributed by atoms with van der Waals surface area (Å²) in [5.74, 6) is 4.36. The fourth-order valence-corrected chi connectivity index (χ4v) is 2.86. The van der Waals surface area contributed by atoms with Crippen molar-refractivity contribution >= 4 is 5.91 Å². The lowest BCUT2D eigenvalue weighted by molar-refractivity contribution is -0.137. The number of hydrogen-bond acceptors (Lipinski definition) is 2. The SMILES string of the molecule is O=C(C#Cc1ccc(-c2ccccc2)c(C(F)(F)F)c1)N1CCC(O)C1. The van der Waals surface area contributed by atoms with Gasteiger partial charge in [-0.15, -0.1) is 0 Å². The van der Waals surface area contributed by atoms with Gasteiger partial charge in [0, 0.05) is 24.6 Å². The van der Waals surface area contributed by atoms with Crippen LogP contribution in [0.5, 0.6) is 0 Å². The first kappa shape index (κ1) is 18.0. The number of rotatable bonds is 1. The molecule has 1 atom stereocenters. The van der Waals surface area contributed by atoms with Crippen molar-refractivity contribution in [2.45, 2.75) is 18.7 Å². The van der Waals surface area contributed by atoms with Gasteiger partial charge in [-0.3, -0.25) is 4.79 Å². The van der Waals surface area contributed by atoms with Crippen LogP contribution < -0.4 is 0 Å². The summed E-state index contributed by atoms with van der Waals surface area (Å²) in [6.45, 7) is 0.601. The van der Waals surface area contributed by atoms with Crippen LogP contribution in [-0.4, -0.2) is 35.1 Å². The van der Waals surface area contributed by atoms with Crippen LogP contribution in [0.4, 0.5) is 13.2 Å². The molecule has 1 saturated heterocycles. The van der Waals surface area contributed by atoms with Gasteiger partial charge < -0.3 is 10.0 Å². The molecule has 1 N–H and O–H groups in total. The molecule has 0 aliphatic carbocycles. The lowest BCUT2D eigenvalue weighted by atomic mass is 9.97. The third kappa shape index (κ3) is 4.06. The molecule has 1 fully saturated rings. The van der Waals surface area contributed by atoms with Gasteiger partial charge >= 0.3 is 6.18 Å². The highest BCUT2D eigenvalue weighted by atomic mass is 19.4. The van der Waals surface area contributed by atoms with E-state index in [-0.39, 0.29) is 17.7 Å². The maximum atomic E-state index is 13.5. The normalized spacial score (nSPS) is 16.9. The van der Waals surface area contributed by atoms with Gasteiger partial charge in [-0.2, -0.15) is 13.2 Å². The molecule has 1 heterocycles. The molecule has 1 aliphatic rings. The number of carbonyl (C=O) groups excluding carboxylic acids is 1. The zero-order valence-corrected chi connectivity index (χ0v) is 13.8. The average Bonchev–Trinajstić information content (AvgIpc) is 3.06. The van der Waals surface area contributed by atoms with E-state index in [0.29, 0.717) is 18.5 Å². The number of nitrogens with zero attached hydrogens (tertiary/aromatic N) is 1. The minimum absolute atomic E-state index is 0.0673. The van der Waals surface area contributed by atoms with E-state index >= 15 is 0 Å². The first-order valence-corrected chi connectivity index (χ1v) is 8.10.